The highest BCUT2D eigenvalue weighted by molar-refractivity contribution is 6.30. The lowest BCUT2D eigenvalue weighted by Gasteiger charge is -2.01. The van der Waals surface area contributed by atoms with Gasteiger partial charge in [-0.05, 0) is 29.8 Å². The van der Waals surface area contributed by atoms with Crippen LogP contribution in [0.4, 0.5) is 0 Å². The zero-order valence-electron chi connectivity index (χ0n) is 12.7. The zero-order valence-corrected chi connectivity index (χ0v) is 13.4. The third kappa shape index (κ3) is 3.73. The van der Waals surface area contributed by atoms with E-state index in [0.717, 1.165) is 16.5 Å². The van der Waals surface area contributed by atoms with E-state index in [9.17, 15) is 9.59 Å². The highest BCUT2D eigenvalue weighted by Crippen LogP contribution is 2.18. The second-order valence-corrected chi connectivity index (χ2v) is 5.60. The molecule has 3 rings (SSSR count). The van der Waals surface area contributed by atoms with E-state index < -0.39 is 5.97 Å². The van der Waals surface area contributed by atoms with Crippen LogP contribution < -0.4 is 0 Å². The van der Waals surface area contributed by atoms with Crippen LogP contribution in [0.15, 0.2) is 60.8 Å². The molecule has 1 heterocycles. The van der Waals surface area contributed by atoms with Crippen molar-refractivity contribution in [3.63, 3.8) is 0 Å². The number of halogens is 1. The molecule has 24 heavy (non-hydrogen) atoms. The fraction of sp³-hybridized carbons (Fsp3) is 0.0526. The monoisotopic (exact) mass is 339 g/mol. The number of carbonyl (C=O) groups is 2. The van der Waals surface area contributed by atoms with Crippen LogP contribution in [0.2, 0.25) is 5.02 Å². The molecule has 0 saturated heterocycles. The summed E-state index contributed by atoms with van der Waals surface area (Å²) in [6.07, 6.45) is 4.49. The molecule has 0 spiro atoms. The molecule has 0 unspecified atom stereocenters. The number of hydrogen-bond donors (Lipinski definition) is 1. The van der Waals surface area contributed by atoms with E-state index in [-0.39, 0.29) is 12.4 Å². The molecule has 0 atom stereocenters. The van der Waals surface area contributed by atoms with Crippen LogP contribution in [-0.2, 0) is 9.53 Å². The number of aromatic amines is 1. The van der Waals surface area contributed by atoms with E-state index in [1.54, 1.807) is 30.5 Å². The van der Waals surface area contributed by atoms with Gasteiger partial charge in [-0.15, -0.1) is 0 Å². The normalized spacial score (nSPS) is 11.0. The summed E-state index contributed by atoms with van der Waals surface area (Å²) in [7, 11) is 0. The van der Waals surface area contributed by atoms with Crippen molar-refractivity contribution in [1.29, 1.82) is 0 Å². The van der Waals surface area contributed by atoms with Crippen LogP contribution >= 0.6 is 11.6 Å². The van der Waals surface area contributed by atoms with Crippen molar-refractivity contribution in [3.05, 3.63) is 77.0 Å². The van der Waals surface area contributed by atoms with E-state index in [2.05, 4.69) is 4.98 Å². The third-order valence-corrected chi connectivity index (χ3v) is 3.73. The molecule has 5 heteroatoms. The number of ketones is 1. The number of benzene rings is 2. The van der Waals surface area contributed by atoms with Gasteiger partial charge in [-0.1, -0.05) is 41.9 Å². The predicted molar refractivity (Wildman–Crippen MR) is 94.1 cm³/mol. The molecule has 0 amide bonds. The van der Waals surface area contributed by atoms with Gasteiger partial charge in [-0.25, -0.2) is 4.79 Å². The summed E-state index contributed by atoms with van der Waals surface area (Å²) in [5, 5.41) is 1.40. The van der Waals surface area contributed by atoms with Gasteiger partial charge in [0.25, 0.3) is 0 Å². The average Bonchev–Trinajstić information content (AvgIpc) is 3.02. The summed E-state index contributed by atoms with van der Waals surface area (Å²) in [5.74, 6) is -0.833. The van der Waals surface area contributed by atoms with Crippen molar-refractivity contribution in [2.24, 2.45) is 0 Å². The van der Waals surface area contributed by atoms with Crippen molar-refractivity contribution in [3.8, 4) is 0 Å². The Morgan fingerprint density at radius 3 is 2.79 bits per heavy atom. The first kappa shape index (κ1) is 16.0. The summed E-state index contributed by atoms with van der Waals surface area (Å²) in [6.45, 7) is -0.305. The molecular weight excluding hydrogens is 326 g/mol. The van der Waals surface area contributed by atoms with Gasteiger partial charge in [-0.2, -0.15) is 0 Å². The minimum absolute atomic E-state index is 0.253. The first-order valence-electron chi connectivity index (χ1n) is 7.33. The lowest BCUT2D eigenvalue weighted by molar-refractivity contribution is -0.136. The minimum Gasteiger partial charge on any atom is -0.454 e. The molecular formula is C19H14ClNO3. The number of esters is 1. The molecule has 0 fully saturated rings. The maximum absolute atomic E-state index is 12.2. The maximum Gasteiger partial charge on any atom is 0.331 e. The van der Waals surface area contributed by atoms with Crippen LogP contribution in [0.25, 0.3) is 17.0 Å². The van der Waals surface area contributed by atoms with Crippen LogP contribution in [0.5, 0.6) is 0 Å². The highest BCUT2D eigenvalue weighted by atomic mass is 35.5. The Labute approximate surface area is 143 Å². The molecule has 1 aromatic heterocycles. The van der Waals surface area contributed by atoms with Crippen LogP contribution in [-0.4, -0.2) is 23.3 Å². The number of para-hydroxylation sites is 1. The SMILES string of the molecule is O=C(/C=C/c1cccc(Cl)c1)OCC(=O)c1c[nH]c2ccccc12. The van der Waals surface area contributed by atoms with Crippen molar-refractivity contribution >= 4 is 40.3 Å². The second-order valence-electron chi connectivity index (χ2n) is 5.17. The van der Waals surface area contributed by atoms with Crippen molar-refractivity contribution in [1.82, 2.24) is 4.98 Å². The standard InChI is InChI=1S/C19H14ClNO3/c20-14-5-3-4-13(10-14)8-9-19(23)24-12-18(22)16-11-21-17-7-2-1-6-15(16)17/h1-11,21H,12H2/b9-8+. The molecule has 120 valence electrons. The molecule has 4 nitrogen and oxygen atoms in total. The number of ether oxygens (including phenoxy) is 1. The number of nitrogens with one attached hydrogen (secondary N) is 1. The number of Topliss-reactive ketones (excluding diaryl/α,β-unsaturated/α-hetero) is 1. The Kier molecular flexibility index (Phi) is 4.77. The van der Waals surface area contributed by atoms with Gasteiger partial charge in [0.15, 0.2) is 6.61 Å². The van der Waals surface area contributed by atoms with Gasteiger partial charge in [0.2, 0.25) is 5.78 Å². The van der Waals surface area contributed by atoms with E-state index >= 15 is 0 Å². The summed E-state index contributed by atoms with van der Waals surface area (Å²) in [5.41, 5.74) is 2.16. The number of aromatic nitrogens is 1. The second kappa shape index (κ2) is 7.15. The van der Waals surface area contributed by atoms with Crippen molar-refractivity contribution in [2.75, 3.05) is 6.61 Å². The van der Waals surface area contributed by atoms with Gasteiger partial charge in [0.05, 0.1) is 0 Å². The predicted octanol–water partition coefficient (Wildman–Crippen LogP) is 4.26. The largest absolute Gasteiger partial charge is 0.454 e. The summed E-state index contributed by atoms with van der Waals surface area (Å²) in [4.78, 5) is 27.0. The fourth-order valence-corrected chi connectivity index (χ4v) is 2.54. The Morgan fingerprint density at radius 2 is 1.96 bits per heavy atom. The quantitative estimate of drug-likeness (QED) is 0.429. The number of fused-ring (bicyclic) bond motifs is 1. The van der Waals surface area contributed by atoms with Crippen molar-refractivity contribution in [2.45, 2.75) is 0 Å². The first-order valence-corrected chi connectivity index (χ1v) is 7.71. The maximum atomic E-state index is 12.2. The molecule has 0 saturated carbocycles. The zero-order chi connectivity index (χ0) is 16.9. The Hall–Kier alpha value is -2.85. The molecule has 0 radical (unpaired) electrons. The van der Waals surface area contributed by atoms with Gasteiger partial charge < -0.3 is 9.72 Å². The molecule has 2 aromatic carbocycles. The molecule has 3 aromatic rings. The summed E-state index contributed by atoms with van der Waals surface area (Å²) in [6, 6.07) is 14.5. The Balaban J connectivity index is 1.61. The summed E-state index contributed by atoms with van der Waals surface area (Å²) >= 11 is 5.87. The average molecular weight is 340 g/mol. The molecule has 0 aliphatic rings. The third-order valence-electron chi connectivity index (χ3n) is 3.50. The number of carbonyl (C=O) groups excluding carboxylic acids is 2. The molecule has 0 aliphatic heterocycles. The van der Waals surface area contributed by atoms with E-state index in [4.69, 9.17) is 16.3 Å². The Bertz CT molecular complexity index is 927. The topological polar surface area (TPSA) is 59.2 Å². The van der Waals surface area contributed by atoms with Gasteiger partial charge >= 0.3 is 5.97 Å². The van der Waals surface area contributed by atoms with E-state index in [0.29, 0.717) is 10.6 Å². The lowest BCUT2D eigenvalue weighted by atomic mass is 10.1. The smallest absolute Gasteiger partial charge is 0.331 e. The molecule has 0 bridgehead atoms. The molecule has 1 N–H and O–H groups in total. The fourth-order valence-electron chi connectivity index (χ4n) is 2.34. The van der Waals surface area contributed by atoms with E-state index in [1.165, 1.54) is 6.08 Å². The molecule has 0 aliphatic carbocycles. The first-order chi connectivity index (χ1) is 11.6. The minimum atomic E-state index is -0.580. The number of H-pyrrole nitrogens is 1. The van der Waals surface area contributed by atoms with Crippen LogP contribution in [0.3, 0.4) is 0 Å². The van der Waals surface area contributed by atoms with Crippen LogP contribution in [0, 0.1) is 0 Å². The number of hydrogen-bond acceptors (Lipinski definition) is 3. The van der Waals surface area contributed by atoms with Gasteiger partial charge in [-0.3, -0.25) is 4.79 Å². The van der Waals surface area contributed by atoms with E-state index in [1.807, 2.05) is 30.3 Å². The highest BCUT2D eigenvalue weighted by Gasteiger charge is 2.13. The van der Waals surface area contributed by atoms with Crippen molar-refractivity contribution < 1.29 is 14.3 Å². The number of rotatable bonds is 5. The van der Waals surface area contributed by atoms with Crippen LogP contribution in [0.1, 0.15) is 15.9 Å². The van der Waals surface area contributed by atoms with Gasteiger partial charge in [0.1, 0.15) is 0 Å². The lowest BCUT2D eigenvalue weighted by Crippen LogP contribution is -2.12. The summed E-state index contributed by atoms with van der Waals surface area (Å²) < 4.78 is 5.01. The Morgan fingerprint density at radius 1 is 1.12 bits per heavy atom. The van der Waals surface area contributed by atoms with Gasteiger partial charge in [0, 0.05) is 33.8 Å².